The van der Waals surface area contributed by atoms with Gasteiger partial charge in [-0.2, -0.15) is 5.26 Å². The van der Waals surface area contributed by atoms with Gasteiger partial charge in [0.15, 0.2) is 0 Å². The SMILES string of the molecule is COc1ccccc1/C=C/c1c(C#N)c(=O)oc2ccccc12. The molecule has 1 aromatic heterocycles. The molecule has 0 amide bonds. The Labute approximate surface area is 132 Å². The summed E-state index contributed by atoms with van der Waals surface area (Å²) in [5.74, 6) is 0.717. The molecule has 3 rings (SSSR count). The number of methoxy groups -OCH3 is 1. The molecule has 0 aliphatic carbocycles. The lowest BCUT2D eigenvalue weighted by Gasteiger charge is -2.05. The summed E-state index contributed by atoms with van der Waals surface area (Å²) < 4.78 is 10.5. The van der Waals surface area contributed by atoms with Crippen molar-refractivity contribution in [1.29, 1.82) is 5.26 Å². The van der Waals surface area contributed by atoms with Gasteiger partial charge in [-0.3, -0.25) is 0 Å². The van der Waals surface area contributed by atoms with Gasteiger partial charge in [-0.25, -0.2) is 4.79 Å². The molecule has 0 spiro atoms. The van der Waals surface area contributed by atoms with E-state index in [-0.39, 0.29) is 5.56 Å². The molecule has 0 atom stereocenters. The van der Waals surface area contributed by atoms with Crippen LogP contribution >= 0.6 is 0 Å². The van der Waals surface area contributed by atoms with Gasteiger partial charge in [0, 0.05) is 16.5 Å². The van der Waals surface area contributed by atoms with Crippen LogP contribution in [-0.2, 0) is 0 Å². The maximum atomic E-state index is 12.0. The van der Waals surface area contributed by atoms with Crippen LogP contribution in [0.5, 0.6) is 5.75 Å². The van der Waals surface area contributed by atoms with Crippen LogP contribution in [0.2, 0.25) is 0 Å². The van der Waals surface area contributed by atoms with Crippen molar-refractivity contribution >= 4 is 23.1 Å². The second kappa shape index (κ2) is 6.20. The largest absolute Gasteiger partial charge is 0.496 e. The van der Waals surface area contributed by atoms with Crippen molar-refractivity contribution in [1.82, 2.24) is 0 Å². The Kier molecular flexibility index (Phi) is 3.94. The van der Waals surface area contributed by atoms with Crippen LogP contribution in [0.4, 0.5) is 0 Å². The van der Waals surface area contributed by atoms with Crippen LogP contribution in [0.25, 0.3) is 23.1 Å². The second-order valence-corrected chi connectivity index (χ2v) is 4.86. The van der Waals surface area contributed by atoms with E-state index in [9.17, 15) is 10.1 Å². The first-order chi connectivity index (χ1) is 11.2. The lowest BCUT2D eigenvalue weighted by Crippen LogP contribution is -2.06. The van der Waals surface area contributed by atoms with E-state index in [0.29, 0.717) is 11.1 Å². The number of hydrogen-bond acceptors (Lipinski definition) is 4. The molecule has 0 fully saturated rings. The van der Waals surface area contributed by atoms with Gasteiger partial charge in [0.05, 0.1) is 7.11 Å². The molecular weight excluding hydrogens is 290 g/mol. The van der Waals surface area contributed by atoms with E-state index in [4.69, 9.17) is 9.15 Å². The van der Waals surface area contributed by atoms with Gasteiger partial charge in [0.2, 0.25) is 0 Å². The quantitative estimate of drug-likeness (QED) is 0.690. The van der Waals surface area contributed by atoms with Gasteiger partial charge in [-0.15, -0.1) is 0 Å². The van der Waals surface area contributed by atoms with Gasteiger partial charge in [-0.05, 0) is 12.1 Å². The molecule has 0 saturated carbocycles. The molecule has 4 heteroatoms. The van der Waals surface area contributed by atoms with Crippen molar-refractivity contribution in [2.24, 2.45) is 0 Å². The molecule has 3 aromatic rings. The highest BCUT2D eigenvalue weighted by molar-refractivity contribution is 5.91. The Hall–Kier alpha value is -3.32. The van der Waals surface area contributed by atoms with E-state index in [1.165, 1.54) is 0 Å². The maximum Gasteiger partial charge on any atom is 0.354 e. The predicted molar refractivity (Wildman–Crippen MR) is 89.1 cm³/mol. The topological polar surface area (TPSA) is 63.2 Å². The Balaban J connectivity index is 2.22. The summed E-state index contributed by atoms with van der Waals surface area (Å²) in [6.45, 7) is 0. The fraction of sp³-hybridized carbons (Fsp3) is 0.0526. The summed E-state index contributed by atoms with van der Waals surface area (Å²) in [4.78, 5) is 12.0. The first kappa shape index (κ1) is 14.6. The zero-order valence-electron chi connectivity index (χ0n) is 12.4. The lowest BCUT2D eigenvalue weighted by molar-refractivity contribution is 0.414. The Morgan fingerprint density at radius 1 is 1.09 bits per heavy atom. The van der Waals surface area contributed by atoms with Crippen LogP contribution in [-0.4, -0.2) is 7.11 Å². The summed E-state index contributed by atoms with van der Waals surface area (Å²) in [5, 5.41) is 10.0. The number of nitriles is 1. The molecule has 0 bridgehead atoms. The third kappa shape index (κ3) is 2.72. The fourth-order valence-electron chi connectivity index (χ4n) is 2.43. The molecule has 0 unspecified atom stereocenters. The summed E-state index contributed by atoms with van der Waals surface area (Å²) in [5.41, 5.74) is 1.22. The summed E-state index contributed by atoms with van der Waals surface area (Å²) in [6.07, 6.45) is 3.57. The van der Waals surface area contributed by atoms with Gasteiger partial charge < -0.3 is 9.15 Å². The van der Waals surface area contributed by atoms with Gasteiger partial charge >= 0.3 is 5.63 Å². The Morgan fingerprint density at radius 3 is 2.61 bits per heavy atom. The summed E-state index contributed by atoms with van der Waals surface area (Å²) in [7, 11) is 1.60. The van der Waals surface area contributed by atoms with Crippen molar-refractivity contribution in [3.8, 4) is 11.8 Å². The lowest BCUT2D eigenvalue weighted by atomic mass is 10.0. The Morgan fingerprint density at radius 2 is 1.83 bits per heavy atom. The number of para-hydroxylation sites is 2. The minimum Gasteiger partial charge on any atom is -0.496 e. The van der Waals surface area contributed by atoms with E-state index in [1.54, 1.807) is 25.3 Å². The molecule has 4 nitrogen and oxygen atoms in total. The van der Waals surface area contributed by atoms with Crippen LogP contribution in [0.1, 0.15) is 16.7 Å². The fourth-order valence-corrected chi connectivity index (χ4v) is 2.43. The number of nitrogens with zero attached hydrogens (tertiary/aromatic N) is 1. The maximum absolute atomic E-state index is 12.0. The number of benzene rings is 2. The predicted octanol–water partition coefficient (Wildman–Crippen LogP) is 3.84. The zero-order valence-corrected chi connectivity index (χ0v) is 12.4. The second-order valence-electron chi connectivity index (χ2n) is 4.86. The number of fused-ring (bicyclic) bond motifs is 1. The standard InChI is InChI=1S/C19H13NO3/c1-22-17-8-4-2-6-13(17)10-11-14-15-7-3-5-9-18(15)23-19(21)16(14)12-20/h2-11H,1H3/b11-10+. The highest BCUT2D eigenvalue weighted by Crippen LogP contribution is 2.24. The van der Waals surface area contributed by atoms with E-state index >= 15 is 0 Å². The first-order valence-electron chi connectivity index (χ1n) is 7.01. The summed E-state index contributed by atoms with van der Waals surface area (Å²) >= 11 is 0. The van der Waals surface area contributed by atoms with E-state index in [1.807, 2.05) is 48.5 Å². The molecule has 23 heavy (non-hydrogen) atoms. The van der Waals surface area contributed by atoms with Crippen molar-refractivity contribution in [2.75, 3.05) is 7.11 Å². The first-order valence-corrected chi connectivity index (χ1v) is 7.01. The number of ether oxygens (including phenoxy) is 1. The normalized spacial score (nSPS) is 10.8. The van der Waals surface area contributed by atoms with Crippen molar-refractivity contribution in [2.45, 2.75) is 0 Å². The molecule has 0 N–H and O–H groups in total. The molecule has 2 aromatic carbocycles. The minimum atomic E-state index is -0.633. The monoisotopic (exact) mass is 303 g/mol. The average molecular weight is 303 g/mol. The van der Waals surface area contributed by atoms with Crippen LogP contribution < -0.4 is 10.4 Å². The highest BCUT2D eigenvalue weighted by atomic mass is 16.5. The summed E-state index contributed by atoms with van der Waals surface area (Å²) in [6, 6.07) is 16.6. The van der Waals surface area contributed by atoms with Gasteiger partial charge in [0.1, 0.15) is 23.0 Å². The number of rotatable bonds is 3. The van der Waals surface area contributed by atoms with Crippen molar-refractivity contribution in [3.05, 3.63) is 75.6 Å². The van der Waals surface area contributed by atoms with Crippen LogP contribution in [0, 0.1) is 11.3 Å². The van der Waals surface area contributed by atoms with Crippen molar-refractivity contribution < 1.29 is 9.15 Å². The van der Waals surface area contributed by atoms with Crippen LogP contribution in [0.15, 0.2) is 57.7 Å². The molecule has 0 radical (unpaired) electrons. The van der Waals surface area contributed by atoms with Crippen molar-refractivity contribution in [3.63, 3.8) is 0 Å². The Bertz CT molecular complexity index is 993. The molecule has 112 valence electrons. The van der Waals surface area contributed by atoms with Gasteiger partial charge in [0.25, 0.3) is 0 Å². The zero-order chi connectivity index (χ0) is 16.2. The highest BCUT2D eigenvalue weighted by Gasteiger charge is 2.12. The van der Waals surface area contributed by atoms with E-state index in [2.05, 4.69) is 0 Å². The molecule has 0 aliphatic rings. The smallest absolute Gasteiger partial charge is 0.354 e. The third-order valence-electron chi connectivity index (χ3n) is 3.53. The molecule has 0 saturated heterocycles. The van der Waals surface area contributed by atoms with Crippen LogP contribution in [0.3, 0.4) is 0 Å². The average Bonchev–Trinajstić information content (AvgIpc) is 2.59. The number of hydrogen-bond donors (Lipinski definition) is 0. The van der Waals surface area contributed by atoms with Gasteiger partial charge in [-0.1, -0.05) is 48.6 Å². The van der Waals surface area contributed by atoms with E-state index in [0.717, 1.165) is 16.7 Å². The van der Waals surface area contributed by atoms with E-state index < -0.39 is 5.63 Å². The molecular formula is C19H13NO3. The molecule has 1 heterocycles. The third-order valence-corrected chi connectivity index (χ3v) is 3.53. The minimum absolute atomic E-state index is 0.00477. The molecule has 0 aliphatic heterocycles.